The number of ether oxygens (including phenoxy) is 1. The first-order valence-electron chi connectivity index (χ1n) is 29.6. The van der Waals surface area contributed by atoms with E-state index in [1.54, 1.807) is 0 Å². The summed E-state index contributed by atoms with van der Waals surface area (Å²) < 4.78 is 62.6. The largest absolute Gasteiger partial charge is 0.481 e. The van der Waals surface area contributed by atoms with Gasteiger partial charge in [-0.1, -0.05) is 212 Å². The minimum Gasteiger partial charge on any atom is -0.386 e. The van der Waals surface area contributed by atoms with Gasteiger partial charge in [0.2, 0.25) is 11.8 Å². The van der Waals surface area contributed by atoms with Crippen LogP contribution in [0.2, 0.25) is 0 Å². The molecule has 0 aliphatic carbocycles. The molecule has 0 saturated carbocycles. The molecule has 81 heavy (non-hydrogen) atoms. The number of imidazole rings is 1. The van der Waals surface area contributed by atoms with Gasteiger partial charge in [0.15, 0.2) is 22.8 Å². The number of nitrogen functional groups attached to an aromatic ring is 1. The number of fused-ring (bicyclic) bond motifs is 1. The number of phosphoric ester groups is 3. The van der Waals surface area contributed by atoms with E-state index in [-0.39, 0.29) is 41.6 Å². The Kier molecular flexibility index (Phi) is 36.0. The quantitative estimate of drug-likeness (QED) is 0.0219. The Morgan fingerprint density at radius 3 is 1.68 bits per heavy atom. The lowest BCUT2D eigenvalue weighted by atomic mass is 9.87. The van der Waals surface area contributed by atoms with E-state index in [4.69, 9.17) is 19.5 Å². The normalized spacial score (nSPS) is 18.7. The second kappa shape index (κ2) is 40.0. The summed E-state index contributed by atoms with van der Waals surface area (Å²) in [5, 5.41) is 26.8. The zero-order valence-electron chi connectivity index (χ0n) is 48.3. The fourth-order valence-electron chi connectivity index (χ4n) is 9.48. The maximum atomic E-state index is 12.8. The van der Waals surface area contributed by atoms with Crippen LogP contribution in [-0.4, -0.2) is 123 Å². The standard InChI is InChI=1S/C53H98N7O17P3S/c1-4-5-6-7-8-9-10-11-12-13-14-15-16-17-18-19-20-21-22-23-24-25-26-27-28-29-30-31-32-33-44(62)81-37-36-55-43(61)34-35-56-51(65)48(64)53(2,3)39-74-80(71,72)77-79(69,70)73-38-42-47(76-78(66,67)68)46(63)52(75-42)60-41-59-45-49(54)57-40-58-50(45)60/h40-42,46-48,52,63-64H,4-39H2,1-3H3,(H,55,61)(H,56,65)(H,69,70)(H,71,72)(H2,54,57,58)(H2,66,67,68)/t42-,46-,47-,48+,52-/m1/s1. The number of hydrogen-bond acceptors (Lipinski definition) is 18. The van der Waals surface area contributed by atoms with Crippen molar-refractivity contribution in [2.24, 2.45) is 5.41 Å². The third-order valence-electron chi connectivity index (χ3n) is 14.2. The summed E-state index contributed by atoms with van der Waals surface area (Å²) in [4.78, 5) is 88.8. The number of nitrogens with two attached hydrogens (primary N) is 1. The highest BCUT2D eigenvalue weighted by molar-refractivity contribution is 8.13. The number of phosphoric acid groups is 3. The summed E-state index contributed by atoms with van der Waals surface area (Å²) in [5.41, 5.74) is 4.30. The van der Waals surface area contributed by atoms with E-state index in [0.717, 1.165) is 48.2 Å². The van der Waals surface area contributed by atoms with Crippen molar-refractivity contribution in [1.82, 2.24) is 30.2 Å². The lowest BCUT2D eigenvalue weighted by Crippen LogP contribution is -2.46. The molecular formula is C53H98N7O17P3S. The van der Waals surface area contributed by atoms with Gasteiger partial charge in [0.05, 0.1) is 19.5 Å². The Balaban J connectivity index is 1.14. The number of unbranched alkanes of at least 4 members (excludes halogenated alkanes) is 28. The second-order valence-electron chi connectivity index (χ2n) is 21.9. The molecule has 0 aromatic carbocycles. The van der Waals surface area contributed by atoms with Gasteiger partial charge in [-0.25, -0.2) is 28.6 Å². The summed E-state index contributed by atoms with van der Waals surface area (Å²) in [6, 6.07) is 0. The van der Waals surface area contributed by atoms with Crippen molar-refractivity contribution in [3.8, 4) is 0 Å². The van der Waals surface area contributed by atoms with Gasteiger partial charge in [0.25, 0.3) is 0 Å². The third kappa shape index (κ3) is 31.5. The van der Waals surface area contributed by atoms with E-state index in [0.29, 0.717) is 12.2 Å². The van der Waals surface area contributed by atoms with Crippen LogP contribution in [0.5, 0.6) is 0 Å². The first-order chi connectivity index (χ1) is 38.6. The molecule has 2 aromatic rings. The molecular weight excluding hydrogens is 1130 g/mol. The molecule has 1 aliphatic heterocycles. The van der Waals surface area contributed by atoms with Crippen molar-refractivity contribution in [3.05, 3.63) is 12.7 Å². The molecule has 24 nitrogen and oxygen atoms in total. The SMILES string of the molecule is CCCCCCCCCCCCCCCCCCCCCCCCCCCCCCCC(=O)SCCNC(=O)CCNC(=O)[C@H](O)C(C)(C)COP(=O)(O)OP(=O)(O)OC[C@H]1O[C@@H](n2cnc3c(N)ncnc32)[C@H](O)[C@@H]1OP(=O)(O)O. The van der Waals surface area contributed by atoms with Crippen LogP contribution >= 0.6 is 35.2 Å². The van der Waals surface area contributed by atoms with Crippen molar-refractivity contribution >= 4 is 69.1 Å². The van der Waals surface area contributed by atoms with Crippen LogP contribution in [0.25, 0.3) is 11.2 Å². The summed E-state index contributed by atoms with van der Waals surface area (Å²) in [6.45, 7) is 2.88. The molecule has 2 aromatic heterocycles. The predicted octanol–water partition coefficient (Wildman–Crippen LogP) is 10.4. The molecule has 468 valence electrons. The fraction of sp³-hybridized carbons (Fsp3) is 0.849. The van der Waals surface area contributed by atoms with Crippen LogP contribution in [0.1, 0.15) is 226 Å². The third-order valence-corrected chi connectivity index (χ3v) is 18.3. The van der Waals surface area contributed by atoms with Crippen LogP contribution in [0.4, 0.5) is 5.82 Å². The highest BCUT2D eigenvalue weighted by Crippen LogP contribution is 2.61. The summed E-state index contributed by atoms with van der Waals surface area (Å²) in [7, 11) is -16.4. The zero-order chi connectivity index (χ0) is 59.6. The number of hydrogen-bond donors (Lipinski definition) is 9. The number of nitrogens with one attached hydrogen (secondary N) is 2. The molecule has 10 N–H and O–H groups in total. The number of nitrogens with zero attached hydrogens (tertiary/aromatic N) is 4. The highest BCUT2D eigenvalue weighted by atomic mass is 32.2. The van der Waals surface area contributed by atoms with Crippen LogP contribution in [-0.2, 0) is 50.7 Å². The Bertz CT molecular complexity index is 2250. The average molecular weight is 1230 g/mol. The molecule has 0 spiro atoms. The monoisotopic (exact) mass is 1230 g/mol. The number of thioether (sulfide) groups is 1. The van der Waals surface area contributed by atoms with Crippen molar-refractivity contribution in [1.29, 1.82) is 0 Å². The van der Waals surface area contributed by atoms with E-state index in [9.17, 15) is 57.9 Å². The predicted molar refractivity (Wildman–Crippen MR) is 311 cm³/mol. The molecule has 2 amide bonds. The summed E-state index contributed by atoms with van der Waals surface area (Å²) in [6.07, 6.45) is 32.5. The molecule has 2 unspecified atom stereocenters. The Hall–Kier alpha value is -2.44. The summed E-state index contributed by atoms with van der Waals surface area (Å²) in [5.74, 6) is -1.01. The number of amides is 2. The zero-order valence-corrected chi connectivity index (χ0v) is 51.8. The maximum absolute atomic E-state index is 12.8. The highest BCUT2D eigenvalue weighted by Gasteiger charge is 2.50. The van der Waals surface area contributed by atoms with Gasteiger partial charge in [0.1, 0.15) is 36.3 Å². The number of aromatic nitrogens is 4. The molecule has 3 rings (SSSR count). The topological polar surface area (TPSA) is 364 Å². The lowest BCUT2D eigenvalue weighted by Gasteiger charge is -2.30. The first kappa shape index (κ1) is 72.8. The average Bonchev–Trinajstić information content (AvgIpc) is 4.11. The fourth-order valence-corrected chi connectivity index (χ4v) is 13.0. The van der Waals surface area contributed by atoms with Gasteiger partial charge >= 0.3 is 23.5 Å². The molecule has 0 radical (unpaired) electrons. The van der Waals surface area contributed by atoms with Gasteiger partial charge in [-0.05, 0) is 6.42 Å². The van der Waals surface area contributed by atoms with Gasteiger partial charge in [0, 0.05) is 37.1 Å². The van der Waals surface area contributed by atoms with Crippen LogP contribution < -0.4 is 16.4 Å². The van der Waals surface area contributed by atoms with Crippen molar-refractivity contribution < 1.29 is 80.5 Å². The molecule has 1 fully saturated rings. The number of aliphatic hydroxyl groups is 2. The van der Waals surface area contributed by atoms with E-state index in [2.05, 4.69) is 41.3 Å². The van der Waals surface area contributed by atoms with E-state index in [1.165, 1.54) is 181 Å². The molecule has 7 atom stereocenters. The van der Waals surface area contributed by atoms with Gasteiger partial charge in [-0.15, -0.1) is 0 Å². The number of anilines is 1. The number of carbonyl (C=O) groups is 3. The first-order valence-corrected chi connectivity index (χ1v) is 35.1. The van der Waals surface area contributed by atoms with Crippen molar-refractivity contribution in [2.75, 3.05) is 37.8 Å². The Morgan fingerprint density at radius 1 is 0.704 bits per heavy atom. The van der Waals surface area contributed by atoms with Crippen molar-refractivity contribution in [3.63, 3.8) is 0 Å². The Morgan fingerprint density at radius 2 is 1.19 bits per heavy atom. The number of aliphatic hydroxyl groups excluding tert-OH is 2. The number of rotatable bonds is 49. The lowest BCUT2D eigenvalue weighted by molar-refractivity contribution is -0.137. The minimum atomic E-state index is -5.58. The molecule has 1 saturated heterocycles. The maximum Gasteiger partial charge on any atom is 0.481 e. The van der Waals surface area contributed by atoms with Crippen LogP contribution in [0, 0.1) is 5.41 Å². The van der Waals surface area contributed by atoms with Gasteiger partial charge < -0.3 is 50.9 Å². The van der Waals surface area contributed by atoms with E-state index >= 15 is 0 Å². The van der Waals surface area contributed by atoms with Crippen LogP contribution in [0.15, 0.2) is 12.7 Å². The van der Waals surface area contributed by atoms with Crippen molar-refractivity contribution in [2.45, 2.75) is 250 Å². The molecule has 0 bridgehead atoms. The molecule has 28 heteroatoms. The smallest absolute Gasteiger partial charge is 0.386 e. The van der Waals surface area contributed by atoms with Gasteiger partial charge in [-0.2, -0.15) is 4.31 Å². The Labute approximate surface area is 484 Å². The molecule has 1 aliphatic rings. The van der Waals surface area contributed by atoms with E-state index in [1.807, 2.05) is 0 Å². The minimum absolute atomic E-state index is 0.0351. The number of carbonyl (C=O) groups excluding carboxylic acids is 3. The molecule has 3 heterocycles. The van der Waals surface area contributed by atoms with Gasteiger partial charge in [-0.3, -0.25) is 32.5 Å². The second-order valence-corrected chi connectivity index (χ2v) is 27.3. The van der Waals surface area contributed by atoms with Crippen LogP contribution in [0.3, 0.4) is 0 Å². The van der Waals surface area contributed by atoms with E-state index < -0.39 is 84.6 Å². The summed E-state index contributed by atoms with van der Waals surface area (Å²) >= 11 is 1.16.